The smallest absolute Gasteiger partial charge is 0.333 e. The van der Waals surface area contributed by atoms with Gasteiger partial charge in [0.15, 0.2) is 0 Å². The second kappa shape index (κ2) is 6.90. The van der Waals surface area contributed by atoms with Gasteiger partial charge in [-0.05, 0) is 50.7 Å². The molecule has 1 aliphatic heterocycles. The van der Waals surface area contributed by atoms with Crippen LogP contribution in [-0.4, -0.2) is 39.7 Å². The number of nitrogens with one attached hydrogen (secondary N) is 1. The topological polar surface area (TPSA) is 76.2 Å². The molecule has 8 heteroatoms. The van der Waals surface area contributed by atoms with E-state index >= 15 is 0 Å². The fraction of sp³-hybridized carbons (Fsp3) is 0.562. The summed E-state index contributed by atoms with van der Waals surface area (Å²) in [6, 6.07) is 4.63. The minimum atomic E-state index is -0.353. The Morgan fingerprint density at radius 2 is 2.29 bits per heavy atom. The second-order valence-electron chi connectivity index (χ2n) is 6.39. The van der Waals surface area contributed by atoms with Gasteiger partial charge in [-0.15, -0.1) is 11.3 Å². The van der Waals surface area contributed by atoms with Crippen molar-refractivity contribution in [2.75, 3.05) is 25.5 Å². The number of nitrogens with zero attached hydrogens (tertiary/aromatic N) is 4. The van der Waals surface area contributed by atoms with Crippen molar-refractivity contribution in [3.8, 4) is 0 Å². The Hall–Kier alpha value is -1.93. The maximum atomic E-state index is 11.3. The van der Waals surface area contributed by atoms with Crippen LogP contribution in [0.1, 0.15) is 29.5 Å². The molecule has 0 saturated carbocycles. The highest BCUT2D eigenvalue weighted by Crippen LogP contribution is 2.38. The molecule has 24 heavy (non-hydrogen) atoms. The fourth-order valence-corrected chi connectivity index (χ4v) is 4.66. The van der Waals surface area contributed by atoms with Gasteiger partial charge in [0.2, 0.25) is 5.82 Å². The number of hydrogen-bond donors (Lipinski definition) is 1. The number of rotatable bonds is 5. The molecule has 0 aromatic carbocycles. The van der Waals surface area contributed by atoms with Gasteiger partial charge in [0.1, 0.15) is 5.69 Å². The lowest BCUT2D eigenvalue weighted by atomic mass is 9.88. The maximum absolute atomic E-state index is 11.3. The standard InChI is InChI=1S/C16H23N5O2S/c1-11-14(21(22)23)16(20(3)18-11)17-10-12-6-4-8-19(2)15(12)13-7-5-9-24-13/h5,7,9,12,15,17H,4,6,8,10H2,1-3H3/t12-,15-/m1/s1. The van der Waals surface area contributed by atoms with Crippen LogP contribution in [0.25, 0.3) is 0 Å². The average molecular weight is 349 g/mol. The third-order valence-corrected chi connectivity index (χ3v) is 5.69. The first kappa shape index (κ1) is 16.9. The van der Waals surface area contributed by atoms with Crippen LogP contribution >= 0.6 is 11.3 Å². The molecule has 0 spiro atoms. The number of aryl methyl sites for hydroxylation is 2. The zero-order chi connectivity index (χ0) is 17.3. The van der Waals surface area contributed by atoms with Crippen LogP contribution in [-0.2, 0) is 7.05 Å². The van der Waals surface area contributed by atoms with E-state index < -0.39 is 0 Å². The lowest BCUT2D eigenvalue weighted by Gasteiger charge is -2.39. The summed E-state index contributed by atoms with van der Waals surface area (Å²) in [6.07, 6.45) is 2.27. The van der Waals surface area contributed by atoms with E-state index in [4.69, 9.17) is 0 Å². The summed E-state index contributed by atoms with van der Waals surface area (Å²) in [5.74, 6) is 0.910. The molecule has 7 nitrogen and oxygen atoms in total. The summed E-state index contributed by atoms with van der Waals surface area (Å²) >= 11 is 1.78. The van der Waals surface area contributed by atoms with Crippen molar-refractivity contribution in [1.29, 1.82) is 0 Å². The van der Waals surface area contributed by atoms with Gasteiger partial charge in [0.25, 0.3) is 0 Å². The van der Waals surface area contributed by atoms with Crippen LogP contribution in [0.4, 0.5) is 11.5 Å². The van der Waals surface area contributed by atoms with Crippen molar-refractivity contribution < 1.29 is 4.92 Å². The van der Waals surface area contributed by atoms with E-state index in [0.717, 1.165) is 19.4 Å². The average Bonchev–Trinajstić information content (AvgIpc) is 3.13. The lowest BCUT2D eigenvalue weighted by Crippen LogP contribution is -2.38. The molecule has 0 amide bonds. The Morgan fingerprint density at radius 3 is 2.96 bits per heavy atom. The Morgan fingerprint density at radius 1 is 1.50 bits per heavy atom. The molecule has 1 N–H and O–H groups in total. The Bertz CT molecular complexity index is 712. The van der Waals surface area contributed by atoms with Gasteiger partial charge in [-0.25, -0.2) is 4.68 Å². The van der Waals surface area contributed by atoms with E-state index in [2.05, 4.69) is 39.9 Å². The molecular formula is C16H23N5O2S. The minimum Gasteiger partial charge on any atom is -0.364 e. The van der Waals surface area contributed by atoms with Gasteiger partial charge < -0.3 is 5.32 Å². The zero-order valence-corrected chi connectivity index (χ0v) is 15.0. The van der Waals surface area contributed by atoms with E-state index in [9.17, 15) is 10.1 Å². The molecule has 3 rings (SSSR count). The minimum absolute atomic E-state index is 0.0781. The van der Waals surface area contributed by atoms with Gasteiger partial charge in [-0.1, -0.05) is 6.07 Å². The normalized spacial score (nSPS) is 21.8. The molecule has 1 fully saturated rings. The summed E-state index contributed by atoms with van der Waals surface area (Å²) < 4.78 is 1.57. The summed E-state index contributed by atoms with van der Waals surface area (Å²) in [6.45, 7) is 3.46. The van der Waals surface area contributed by atoms with E-state index in [1.54, 1.807) is 30.0 Å². The van der Waals surface area contributed by atoms with Gasteiger partial charge in [-0.2, -0.15) is 5.10 Å². The molecule has 130 valence electrons. The summed E-state index contributed by atoms with van der Waals surface area (Å²) in [7, 11) is 3.90. The van der Waals surface area contributed by atoms with Crippen molar-refractivity contribution in [3.63, 3.8) is 0 Å². The number of nitro groups is 1. The van der Waals surface area contributed by atoms with Crippen molar-refractivity contribution in [2.45, 2.75) is 25.8 Å². The first-order chi connectivity index (χ1) is 11.5. The maximum Gasteiger partial charge on any atom is 0.333 e. The third kappa shape index (κ3) is 3.16. The molecule has 1 saturated heterocycles. The zero-order valence-electron chi connectivity index (χ0n) is 14.2. The summed E-state index contributed by atoms with van der Waals surface area (Å²) in [5.41, 5.74) is 0.523. The predicted molar refractivity (Wildman–Crippen MR) is 95.5 cm³/mol. The van der Waals surface area contributed by atoms with Crippen molar-refractivity contribution in [1.82, 2.24) is 14.7 Å². The number of hydrogen-bond acceptors (Lipinski definition) is 6. The number of thiophene rings is 1. The number of piperidine rings is 1. The van der Waals surface area contributed by atoms with Gasteiger partial charge in [-0.3, -0.25) is 15.0 Å². The van der Waals surface area contributed by atoms with Gasteiger partial charge in [0, 0.05) is 24.5 Å². The first-order valence-corrected chi connectivity index (χ1v) is 9.02. The fourth-order valence-electron chi connectivity index (χ4n) is 3.67. The number of aromatic nitrogens is 2. The van der Waals surface area contributed by atoms with Crippen LogP contribution in [0.15, 0.2) is 17.5 Å². The van der Waals surface area contributed by atoms with Crippen LogP contribution < -0.4 is 5.32 Å². The molecule has 2 aromatic heterocycles. The van der Waals surface area contributed by atoms with Crippen LogP contribution in [0.3, 0.4) is 0 Å². The van der Waals surface area contributed by atoms with Gasteiger partial charge in [0.05, 0.1) is 4.92 Å². The third-order valence-electron chi connectivity index (χ3n) is 4.75. The molecule has 0 bridgehead atoms. The predicted octanol–water partition coefficient (Wildman–Crippen LogP) is 3.19. The first-order valence-electron chi connectivity index (χ1n) is 8.14. The monoisotopic (exact) mass is 349 g/mol. The quantitative estimate of drug-likeness (QED) is 0.663. The largest absolute Gasteiger partial charge is 0.364 e. The van der Waals surface area contributed by atoms with E-state index in [1.165, 1.54) is 4.88 Å². The van der Waals surface area contributed by atoms with E-state index in [-0.39, 0.29) is 10.6 Å². The Labute approximate surface area is 145 Å². The molecule has 0 unspecified atom stereocenters. The molecule has 1 aliphatic rings. The highest BCUT2D eigenvalue weighted by molar-refractivity contribution is 7.10. The molecule has 2 atom stereocenters. The molecular weight excluding hydrogens is 326 g/mol. The van der Waals surface area contributed by atoms with Crippen LogP contribution in [0.2, 0.25) is 0 Å². The number of anilines is 1. The van der Waals surface area contributed by atoms with Gasteiger partial charge >= 0.3 is 5.69 Å². The lowest BCUT2D eigenvalue weighted by molar-refractivity contribution is -0.384. The molecule has 2 aromatic rings. The number of likely N-dealkylation sites (tertiary alicyclic amines) is 1. The SMILES string of the molecule is Cc1nn(C)c(NC[C@H]2CCCN(C)[C@H]2c2cccs2)c1[N+](=O)[O-]. The summed E-state index contributed by atoms with van der Waals surface area (Å²) in [4.78, 5) is 14.7. The van der Waals surface area contributed by atoms with Crippen LogP contribution in [0, 0.1) is 23.0 Å². The van der Waals surface area contributed by atoms with Crippen molar-refractivity contribution in [2.24, 2.45) is 13.0 Å². The van der Waals surface area contributed by atoms with Crippen LogP contribution in [0.5, 0.6) is 0 Å². The van der Waals surface area contributed by atoms with Crippen molar-refractivity contribution >= 4 is 22.8 Å². The van der Waals surface area contributed by atoms with E-state index in [1.807, 2.05) is 0 Å². The Balaban J connectivity index is 1.79. The second-order valence-corrected chi connectivity index (χ2v) is 7.37. The Kier molecular flexibility index (Phi) is 4.86. The van der Waals surface area contributed by atoms with E-state index in [0.29, 0.717) is 30.0 Å². The van der Waals surface area contributed by atoms with Crippen molar-refractivity contribution in [3.05, 3.63) is 38.2 Å². The highest BCUT2D eigenvalue weighted by Gasteiger charge is 2.32. The molecule has 0 radical (unpaired) electrons. The highest BCUT2D eigenvalue weighted by atomic mass is 32.1. The molecule has 0 aliphatic carbocycles. The summed E-state index contributed by atoms with van der Waals surface area (Å²) in [5, 5.41) is 20.9. The molecule has 3 heterocycles.